The zero-order chi connectivity index (χ0) is 19.1. The minimum Gasteiger partial charge on any atom is -0.350 e. The molecule has 0 saturated carbocycles. The van der Waals surface area contributed by atoms with E-state index in [2.05, 4.69) is 22.6 Å². The summed E-state index contributed by atoms with van der Waals surface area (Å²) in [5, 5.41) is 0. The summed E-state index contributed by atoms with van der Waals surface area (Å²) in [7, 11) is -0.176. The van der Waals surface area contributed by atoms with E-state index in [0.717, 1.165) is 17.6 Å². The van der Waals surface area contributed by atoms with Crippen LogP contribution in [0.1, 0.15) is 27.7 Å². The van der Waals surface area contributed by atoms with Crippen LogP contribution in [0.2, 0.25) is 0 Å². The summed E-state index contributed by atoms with van der Waals surface area (Å²) >= 11 is 2.36. The molecule has 2 heterocycles. The second-order valence-corrected chi connectivity index (χ2v) is 10.3. The van der Waals surface area contributed by atoms with Gasteiger partial charge >= 0.3 is 7.60 Å². The minimum atomic E-state index is -2.95. The summed E-state index contributed by atoms with van der Waals surface area (Å²) in [5.41, 5.74) is 0. The lowest BCUT2D eigenvalue weighted by Crippen LogP contribution is -2.40. The van der Waals surface area contributed by atoms with Crippen molar-refractivity contribution in [1.82, 2.24) is 0 Å². The molecule has 2 saturated heterocycles. The standard InChI is InChI=1S/C9H19O5P.C7H13IO2/c1-9(2)13-5-8(6-14-9)7-15(10,11-3)12-4;1-7(2)9-4-6(3-8)5-10-7/h8H,5-7H2,1-4H3;6H,3-5H2,1-2H3. The van der Waals surface area contributed by atoms with E-state index in [-0.39, 0.29) is 11.7 Å². The Morgan fingerprint density at radius 2 is 1.24 bits per heavy atom. The third-order valence-electron chi connectivity index (χ3n) is 3.92. The Kier molecular flexibility index (Phi) is 9.80. The minimum absolute atomic E-state index is 0.0590. The molecule has 0 N–H and O–H groups in total. The van der Waals surface area contributed by atoms with E-state index in [4.69, 9.17) is 28.0 Å². The van der Waals surface area contributed by atoms with Crippen molar-refractivity contribution in [2.24, 2.45) is 11.8 Å². The van der Waals surface area contributed by atoms with E-state index in [9.17, 15) is 4.57 Å². The van der Waals surface area contributed by atoms with Gasteiger partial charge in [0.05, 0.1) is 32.6 Å². The largest absolute Gasteiger partial charge is 0.350 e. The highest BCUT2D eigenvalue weighted by atomic mass is 127. The Morgan fingerprint density at radius 3 is 1.56 bits per heavy atom. The maximum absolute atomic E-state index is 11.8. The molecule has 2 fully saturated rings. The van der Waals surface area contributed by atoms with Gasteiger partial charge in [0.2, 0.25) is 0 Å². The first-order valence-electron chi connectivity index (χ1n) is 8.37. The Bertz CT molecular complexity index is 416. The summed E-state index contributed by atoms with van der Waals surface area (Å²) in [4.78, 5) is 0. The molecule has 2 aliphatic heterocycles. The fourth-order valence-corrected chi connectivity index (χ4v) is 3.99. The molecule has 25 heavy (non-hydrogen) atoms. The summed E-state index contributed by atoms with van der Waals surface area (Å²) in [6.45, 7) is 10.3. The van der Waals surface area contributed by atoms with Crippen molar-refractivity contribution in [2.75, 3.05) is 51.2 Å². The van der Waals surface area contributed by atoms with Crippen molar-refractivity contribution < 1.29 is 32.6 Å². The molecule has 0 spiro atoms. The Labute approximate surface area is 165 Å². The molecule has 2 aliphatic rings. The number of alkyl halides is 1. The number of rotatable bonds is 5. The summed E-state index contributed by atoms with van der Waals surface area (Å²) in [6, 6.07) is 0. The molecule has 0 aromatic carbocycles. The van der Waals surface area contributed by atoms with Gasteiger partial charge in [-0.05, 0) is 27.7 Å². The van der Waals surface area contributed by atoms with Crippen LogP contribution < -0.4 is 0 Å². The first kappa shape index (κ1) is 23.8. The summed E-state index contributed by atoms with van der Waals surface area (Å²) in [6.07, 6.45) is 0.329. The average molecular weight is 494 g/mol. The quantitative estimate of drug-likeness (QED) is 0.328. The van der Waals surface area contributed by atoms with Gasteiger partial charge < -0.3 is 28.0 Å². The van der Waals surface area contributed by atoms with Gasteiger partial charge in [0.15, 0.2) is 11.6 Å². The van der Waals surface area contributed by atoms with Crippen molar-refractivity contribution in [3.63, 3.8) is 0 Å². The maximum atomic E-state index is 11.8. The van der Waals surface area contributed by atoms with Crippen LogP contribution in [0.4, 0.5) is 0 Å². The summed E-state index contributed by atoms with van der Waals surface area (Å²) < 4.78 is 44.5. The van der Waals surface area contributed by atoms with Crippen molar-refractivity contribution in [1.29, 1.82) is 0 Å². The molecule has 0 unspecified atom stereocenters. The molecular weight excluding hydrogens is 462 g/mol. The van der Waals surface area contributed by atoms with E-state index < -0.39 is 13.4 Å². The van der Waals surface area contributed by atoms with E-state index in [1.54, 1.807) is 0 Å². The SMILES string of the molecule is CC1(C)OCC(CI)CO1.COP(=O)(CC1COC(C)(C)OC1)OC. The van der Waals surface area contributed by atoms with Crippen molar-refractivity contribution >= 4 is 30.2 Å². The second-order valence-electron chi connectivity index (χ2n) is 7.09. The predicted octanol–water partition coefficient (Wildman–Crippen LogP) is 3.69. The second kappa shape index (κ2) is 10.3. The summed E-state index contributed by atoms with van der Waals surface area (Å²) in [5.74, 6) is -0.236. The predicted molar refractivity (Wildman–Crippen MR) is 104 cm³/mol. The monoisotopic (exact) mass is 494 g/mol. The Hall–Kier alpha value is 0.720. The normalized spacial score (nSPS) is 24.4. The van der Waals surface area contributed by atoms with Gasteiger partial charge in [-0.15, -0.1) is 0 Å². The highest BCUT2D eigenvalue weighted by Crippen LogP contribution is 2.48. The molecule has 7 nitrogen and oxygen atoms in total. The van der Waals surface area contributed by atoms with Crippen LogP contribution in [0.5, 0.6) is 0 Å². The molecule has 2 rings (SSSR count). The third kappa shape index (κ3) is 8.97. The molecule has 0 bridgehead atoms. The highest BCUT2D eigenvalue weighted by molar-refractivity contribution is 14.1. The van der Waals surface area contributed by atoms with Crippen LogP contribution in [0.15, 0.2) is 0 Å². The maximum Gasteiger partial charge on any atom is 0.330 e. The van der Waals surface area contributed by atoms with E-state index in [1.165, 1.54) is 14.2 Å². The zero-order valence-electron chi connectivity index (χ0n) is 16.1. The number of hydrogen-bond donors (Lipinski definition) is 0. The molecule has 0 aliphatic carbocycles. The van der Waals surface area contributed by atoms with Gasteiger partial charge in [-0.2, -0.15) is 0 Å². The molecule has 0 aromatic rings. The lowest BCUT2D eigenvalue weighted by molar-refractivity contribution is -0.259. The lowest BCUT2D eigenvalue weighted by atomic mass is 10.2. The first-order chi connectivity index (χ1) is 11.5. The molecular formula is C16H32IO7P. The van der Waals surface area contributed by atoms with E-state index in [1.807, 2.05) is 27.7 Å². The number of ether oxygens (including phenoxy) is 4. The van der Waals surface area contributed by atoms with Gasteiger partial charge in [-0.1, -0.05) is 22.6 Å². The van der Waals surface area contributed by atoms with Crippen molar-refractivity contribution in [3.05, 3.63) is 0 Å². The third-order valence-corrected chi connectivity index (χ3v) is 7.24. The molecule has 150 valence electrons. The molecule has 0 atom stereocenters. The van der Waals surface area contributed by atoms with Gasteiger partial charge in [-0.3, -0.25) is 4.57 Å². The van der Waals surface area contributed by atoms with E-state index >= 15 is 0 Å². The van der Waals surface area contributed by atoms with Crippen LogP contribution in [0.25, 0.3) is 0 Å². The molecule has 9 heteroatoms. The molecule has 0 amide bonds. The molecule has 0 radical (unpaired) electrons. The number of halogens is 1. The fourth-order valence-electron chi connectivity index (χ4n) is 2.19. The first-order valence-corrected chi connectivity index (χ1v) is 11.6. The van der Waals surface area contributed by atoms with Gasteiger partial charge in [-0.25, -0.2) is 0 Å². The van der Waals surface area contributed by atoms with Crippen molar-refractivity contribution in [2.45, 2.75) is 39.3 Å². The van der Waals surface area contributed by atoms with E-state index in [0.29, 0.717) is 25.3 Å². The van der Waals surface area contributed by atoms with Crippen LogP contribution in [0.3, 0.4) is 0 Å². The van der Waals surface area contributed by atoms with Crippen LogP contribution in [0, 0.1) is 11.8 Å². The van der Waals surface area contributed by atoms with Gasteiger partial charge in [0.1, 0.15) is 0 Å². The fraction of sp³-hybridized carbons (Fsp3) is 1.00. The zero-order valence-corrected chi connectivity index (χ0v) is 19.1. The smallest absolute Gasteiger partial charge is 0.330 e. The number of hydrogen-bond acceptors (Lipinski definition) is 7. The lowest BCUT2D eigenvalue weighted by Gasteiger charge is -2.35. The molecule has 0 aromatic heterocycles. The topological polar surface area (TPSA) is 72.5 Å². The van der Waals surface area contributed by atoms with Gasteiger partial charge in [0, 0.05) is 30.5 Å². The van der Waals surface area contributed by atoms with Crippen molar-refractivity contribution in [3.8, 4) is 0 Å². The Balaban J connectivity index is 0.000000271. The van der Waals surface area contributed by atoms with Gasteiger partial charge in [0.25, 0.3) is 0 Å². The average Bonchev–Trinajstić information content (AvgIpc) is 2.57. The Morgan fingerprint density at radius 1 is 0.880 bits per heavy atom. The van der Waals surface area contributed by atoms with Crippen LogP contribution in [-0.4, -0.2) is 62.8 Å². The van der Waals surface area contributed by atoms with Crippen LogP contribution in [-0.2, 0) is 32.6 Å². The highest BCUT2D eigenvalue weighted by Gasteiger charge is 2.34. The van der Waals surface area contributed by atoms with Crippen LogP contribution >= 0.6 is 30.2 Å².